The lowest BCUT2D eigenvalue weighted by Crippen LogP contribution is -2.25. The third-order valence-electron chi connectivity index (χ3n) is 3.19. The second-order valence-electron chi connectivity index (χ2n) is 4.99. The number of aromatic nitrogens is 2. The number of nitrogens with one attached hydrogen (secondary N) is 2. The summed E-state index contributed by atoms with van der Waals surface area (Å²) in [6.45, 7) is 4.82. The Morgan fingerprint density at radius 3 is 2.94 bits per heavy atom. The van der Waals surface area contributed by atoms with E-state index in [1.54, 1.807) is 0 Å². The van der Waals surface area contributed by atoms with Crippen LogP contribution in [0, 0.1) is 0 Å². The molecule has 0 amide bonds. The van der Waals surface area contributed by atoms with Crippen molar-refractivity contribution < 1.29 is 4.42 Å². The van der Waals surface area contributed by atoms with Gasteiger partial charge in [0.1, 0.15) is 0 Å². The fraction of sp³-hybridized carbons (Fsp3) is 0.833. The van der Waals surface area contributed by atoms with Crippen LogP contribution in [0.1, 0.15) is 39.0 Å². The van der Waals surface area contributed by atoms with Gasteiger partial charge in [-0.2, -0.15) is 11.8 Å². The number of thioether (sulfide) groups is 1. The predicted molar refractivity (Wildman–Crippen MR) is 74.8 cm³/mol. The summed E-state index contributed by atoms with van der Waals surface area (Å²) in [6.07, 6.45) is 5.90. The molecule has 0 saturated heterocycles. The molecule has 2 atom stereocenters. The van der Waals surface area contributed by atoms with Gasteiger partial charge in [-0.15, -0.1) is 5.10 Å². The Hall–Kier alpha value is -0.750. The molecule has 6 heteroatoms. The van der Waals surface area contributed by atoms with Crippen molar-refractivity contribution in [1.29, 1.82) is 0 Å². The Bertz CT molecular complexity index is 369. The lowest BCUT2D eigenvalue weighted by atomic mass is 10.2. The van der Waals surface area contributed by atoms with Crippen molar-refractivity contribution in [1.82, 2.24) is 15.5 Å². The molecule has 1 aliphatic rings. The van der Waals surface area contributed by atoms with E-state index < -0.39 is 0 Å². The van der Waals surface area contributed by atoms with Gasteiger partial charge in [-0.1, -0.05) is 25.4 Å². The van der Waals surface area contributed by atoms with Crippen LogP contribution >= 0.6 is 11.8 Å². The molecule has 2 rings (SSSR count). The highest BCUT2D eigenvalue weighted by Gasteiger charge is 2.27. The molecule has 0 aromatic carbocycles. The van der Waals surface area contributed by atoms with E-state index in [-0.39, 0.29) is 0 Å². The number of nitrogens with zero attached hydrogens (tertiary/aromatic N) is 2. The number of hydrogen-bond acceptors (Lipinski definition) is 6. The van der Waals surface area contributed by atoms with Gasteiger partial charge in [0, 0.05) is 17.3 Å². The minimum Gasteiger partial charge on any atom is -0.407 e. The largest absolute Gasteiger partial charge is 0.407 e. The van der Waals surface area contributed by atoms with Crippen LogP contribution in [0.25, 0.3) is 0 Å². The summed E-state index contributed by atoms with van der Waals surface area (Å²) in [5.41, 5.74) is 0. The van der Waals surface area contributed by atoms with Gasteiger partial charge in [0.25, 0.3) is 0 Å². The Labute approximate surface area is 112 Å². The molecule has 5 nitrogen and oxygen atoms in total. The molecule has 102 valence electrons. The van der Waals surface area contributed by atoms with E-state index in [4.69, 9.17) is 4.42 Å². The summed E-state index contributed by atoms with van der Waals surface area (Å²) in [5, 5.41) is 15.4. The zero-order chi connectivity index (χ0) is 13.0. The van der Waals surface area contributed by atoms with Gasteiger partial charge in [0.15, 0.2) is 0 Å². The van der Waals surface area contributed by atoms with E-state index in [0.29, 0.717) is 35.8 Å². The Kier molecular flexibility index (Phi) is 4.88. The van der Waals surface area contributed by atoms with Crippen LogP contribution in [0.15, 0.2) is 4.42 Å². The molecule has 1 aliphatic carbocycles. The van der Waals surface area contributed by atoms with E-state index in [0.717, 1.165) is 0 Å². The van der Waals surface area contributed by atoms with Crippen LogP contribution in [0.5, 0.6) is 0 Å². The van der Waals surface area contributed by atoms with Gasteiger partial charge < -0.3 is 15.1 Å². The van der Waals surface area contributed by atoms with Crippen molar-refractivity contribution in [2.45, 2.75) is 57.0 Å². The topological polar surface area (TPSA) is 63.0 Å². The number of anilines is 1. The number of hydrogen-bond donors (Lipinski definition) is 2. The quantitative estimate of drug-likeness (QED) is 0.827. The molecule has 1 heterocycles. The third kappa shape index (κ3) is 3.62. The van der Waals surface area contributed by atoms with E-state index in [2.05, 4.69) is 40.9 Å². The molecular formula is C12H22N4OS. The smallest absolute Gasteiger partial charge is 0.315 e. The maximum Gasteiger partial charge on any atom is 0.315 e. The van der Waals surface area contributed by atoms with Crippen molar-refractivity contribution in [3.05, 3.63) is 5.89 Å². The highest BCUT2D eigenvalue weighted by molar-refractivity contribution is 7.99. The summed E-state index contributed by atoms with van der Waals surface area (Å²) >= 11 is 1.92. The molecule has 18 heavy (non-hydrogen) atoms. The van der Waals surface area contributed by atoms with E-state index >= 15 is 0 Å². The standard InChI is InChI=1S/C12H22N4OS/c1-8(2)13-7-11-15-16-12(17-11)14-9-5-4-6-10(9)18-3/h8-10,13H,4-7H2,1-3H3,(H,14,16). The summed E-state index contributed by atoms with van der Waals surface area (Å²) in [7, 11) is 0. The predicted octanol–water partition coefficient (Wildman–Crippen LogP) is 2.26. The Morgan fingerprint density at radius 2 is 2.22 bits per heavy atom. The van der Waals surface area contributed by atoms with Crippen LogP contribution in [0.3, 0.4) is 0 Å². The van der Waals surface area contributed by atoms with Crippen LogP contribution in [0.2, 0.25) is 0 Å². The van der Waals surface area contributed by atoms with E-state index in [9.17, 15) is 0 Å². The maximum atomic E-state index is 5.58. The van der Waals surface area contributed by atoms with Crippen molar-refractivity contribution in [3.63, 3.8) is 0 Å². The average Bonchev–Trinajstić information content (AvgIpc) is 2.96. The molecule has 1 aromatic heterocycles. The summed E-state index contributed by atoms with van der Waals surface area (Å²) < 4.78 is 5.58. The summed E-state index contributed by atoms with van der Waals surface area (Å²) in [4.78, 5) is 0. The fourth-order valence-corrected chi connectivity index (χ4v) is 3.14. The average molecular weight is 270 g/mol. The molecule has 0 spiro atoms. The van der Waals surface area contributed by atoms with Crippen LogP contribution < -0.4 is 10.6 Å². The molecule has 2 unspecified atom stereocenters. The molecule has 0 aliphatic heterocycles. The van der Waals surface area contributed by atoms with Gasteiger partial charge >= 0.3 is 6.01 Å². The Balaban J connectivity index is 1.86. The molecule has 1 aromatic rings. The normalized spacial score (nSPS) is 23.8. The maximum absolute atomic E-state index is 5.58. The summed E-state index contributed by atoms with van der Waals surface area (Å²) in [5.74, 6) is 0.643. The lowest BCUT2D eigenvalue weighted by Gasteiger charge is -2.17. The molecule has 0 radical (unpaired) electrons. The first-order chi connectivity index (χ1) is 8.69. The van der Waals surface area contributed by atoms with Gasteiger partial charge in [-0.05, 0) is 19.1 Å². The van der Waals surface area contributed by atoms with Gasteiger partial charge in [-0.3, -0.25) is 0 Å². The highest BCUT2D eigenvalue weighted by atomic mass is 32.2. The van der Waals surface area contributed by atoms with Crippen LogP contribution in [-0.4, -0.2) is 33.8 Å². The molecular weight excluding hydrogens is 248 g/mol. The van der Waals surface area contributed by atoms with E-state index in [1.807, 2.05) is 11.8 Å². The zero-order valence-electron chi connectivity index (χ0n) is 11.3. The summed E-state index contributed by atoms with van der Waals surface area (Å²) in [6, 6.07) is 1.44. The molecule has 1 saturated carbocycles. The SMILES string of the molecule is CSC1CCCC1Nc1nnc(CNC(C)C)o1. The highest BCUT2D eigenvalue weighted by Crippen LogP contribution is 2.30. The molecule has 0 bridgehead atoms. The van der Waals surface area contributed by atoms with Crippen molar-refractivity contribution in [2.75, 3.05) is 11.6 Å². The Morgan fingerprint density at radius 1 is 1.39 bits per heavy atom. The lowest BCUT2D eigenvalue weighted by molar-refractivity contribution is 0.455. The molecule has 1 fully saturated rings. The monoisotopic (exact) mass is 270 g/mol. The first-order valence-corrected chi connectivity index (χ1v) is 7.83. The second kappa shape index (κ2) is 6.43. The van der Waals surface area contributed by atoms with Crippen molar-refractivity contribution >= 4 is 17.8 Å². The number of rotatable bonds is 6. The van der Waals surface area contributed by atoms with Gasteiger partial charge in [0.05, 0.1) is 6.54 Å². The van der Waals surface area contributed by atoms with E-state index in [1.165, 1.54) is 19.3 Å². The first kappa shape index (κ1) is 13.7. The molecule has 2 N–H and O–H groups in total. The van der Waals surface area contributed by atoms with Gasteiger partial charge in [0.2, 0.25) is 5.89 Å². The third-order valence-corrected chi connectivity index (χ3v) is 4.36. The van der Waals surface area contributed by atoms with Crippen LogP contribution in [-0.2, 0) is 6.54 Å². The first-order valence-electron chi connectivity index (χ1n) is 6.54. The minimum absolute atomic E-state index is 0.420. The van der Waals surface area contributed by atoms with Crippen molar-refractivity contribution in [3.8, 4) is 0 Å². The minimum atomic E-state index is 0.420. The van der Waals surface area contributed by atoms with Crippen molar-refractivity contribution in [2.24, 2.45) is 0 Å². The zero-order valence-corrected chi connectivity index (χ0v) is 12.1. The van der Waals surface area contributed by atoms with Gasteiger partial charge in [-0.25, -0.2) is 0 Å². The fourth-order valence-electron chi connectivity index (χ4n) is 2.21. The van der Waals surface area contributed by atoms with Crippen LogP contribution in [0.4, 0.5) is 6.01 Å². The second-order valence-corrected chi connectivity index (χ2v) is 6.07.